The Morgan fingerprint density at radius 3 is 2.60 bits per heavy atom. The van der Waals surface area contributed by atoms with Crippen LogP contribution in [0.1, 0.15) is 30.2 Å². The van der Waals surface area contributed by atoms with Crippen LogP contribution in [0.25, 0.3) is 0 Å². The van der Waals surface area contributed by atoms with Gasteiger partial charge in [-0.05, 0) is 22.9 Å². The molecule has 0 atom stereocenters. The van der Waals surface area contributed by atoms with Gasteiger partial charge in [0.05, 0.1) is 0 Å². The molecule has 0 spiro atoms. The van der Waals surface area contributed by atoms with E-state index in [1.165, 1.54) is 10.4 Å². The van der Waals surface area contributed by atoms with Crippen molar-refractivity contribution in [2.75, 3.05) is 0 Å². The zero-order chi connectivity index (χ0) is 7.56. The molecule has 0 saturated heterocycles. The van der Waals surface area contributed by atoms with Crippen LogP contribution in [0, 0.1) is 0 Å². The highest BCUT2D eigenvalue weighted by molar-refractivity contribution is 7.10. The molecule has 2 N–H and O–H groups in total. The van der Waals surface area contributed by atoms with Gasteiger partial charge in [-0.15, -0.1) is 11.3 Å². The Labute approximate surface area is 65.9 Å². The van der Waals surface area contributed by atoms with Gasteiger partial charge in [0, 0.05) is 11.4 Å². The van der Waals surface area contributed by atoms with E-state index in [9.17, 15) is 0 Å². The van der Waals surface area contributed by atoms with Gasteiger partial charge in [0.2, 0.25) is 0 Å². The summed E-state index contributed by atoms with van der Waals surface area (Å²) < 4.78 is 0. The molecule has 1 heterocycles. The highest BCUT2D eigenvalue weighted by atomic mass is 32.1. The lowest BCUT2D eigenvalue weighted by Gasteiger charge is -1.96. The van der Waals surface area contributed by atoms with Crippen molar-refractivity contribution in [3.8, 4) is 0 Å². The number of thiophene rings is 1. The summed E-state index contributed by atoms with van der Waals surface area (Å²) >= 11 is 1.80. The van der Waals surface area contributed by atoms with Gasteiger partial charge in [0.1, 0.15) is 0 Å². The first-order valence-electron chi connectivity index (χ1n) is 3.51. The largest absolute Gasteiger partial charge is 0.326 e. The van der Waals surface area contributed by atoms with Crippen molar-refractivity contribution in [2.24, 2.45) is 5.73 Å². The Hall–Kier alpha value is -0.340. The predicted molar refractivity (Wildman–Crippen MR) is 46.3 cm³/mol. The van der Waals surface area contributed by atoms with E-state index in [1.807, 2.05) is 0 Å². The summed E-state index contributed by atoms with van der Waals surface area (Å²) in [6, 6.07) is 2.19. The lowest BCUT2D eigenvalue weighted by molar-refractivity contribution is 0.887. The lowest BCUT2D eigenvalue weighted by Crippen LogP contribution is -1.93. The minimum Gasteiger partial charge on any atom is -0.326 e. The molecule has 0 aromatic carbocycles. The quantitative estimate of drug-likeness (QED) is 0.697. The molecule has 1 nitrogen and oxygen atoms in total. The van der Waals surface area contributed by atoms with E-state index in [2.05, 4.69) is 25.3 Å². The first-order valence-corrected chi connectivity index (χ1v) is 4.39. The molecule has 0 radical (unpaired) electrons. The van der Waals surface area contributed by atoms with Crippen LogP contribution in [-0.2, 0) is 6.54 Å². The fourth-order valence-electron chi connectivity index (χ4n) is 0.804. The minimum atomic E-state index is 0.644. The molecule has 56 valence electrons. The van der Waals surface area contributed by atoms with E-state index >= 15 is 0 Å². The number of nitrogens with two attached hydrogens (primary N) is 1. The van der Waals surface area contributed by atoms with Crippen LogP contribution in [-0.4, -0.2) is 0 Å². The van der Waals surface area contributed by atoms with Crippen molar-refractivity contribution in [1.29, 1.82) is 0 Å². The Balaban J connectivity index is 2.78. The SMILES string of the molecule is CC(C)c1cc(CN)cs1. The maximum atomic E-state index is 5.47. The van der Waals surface area contributed by atoms with E-state index < -0.39 is 0 Å². The molecular formula is C8H13NS. The highest BCUT2D eigenvalue weighted by Gasteiger charge is 2.01. The second-order valence-corrected chi connectivity index (χ2v) is 3.66. The molecule has 0 bridgehead atoms. The van der Waals surface area contributed by atoms with Crippen molar-refractivity contribution in [2.45, 2.75) is 26.3 Å². The Morgan fingerprint density at radius 2 is 2.30 bits per heavy atom. The molecule has 0 aliphatic heterocycles. The van der Waals surface area contributed by atoms with Crippen LogP contribution < -0.4 is 5.73 Å². The smallest absolute Gasteiger partial charge is 0.0186 e. The van der Waals surface area contributed by atoms with Crippen molar-refractivity contribution in [3.63, 3.8) is 0 Å². The van der Waals surface area contributed by atoms with Crippen molar-refractivity contribution < 1.29 is 0 Å². The molecule has 0 fully saturated rings. The van der Waals surface area contributed by atoms with Crippen LogP contribution in [0.15, 0.2) is 11.4 Å². The van der Waals surface area contributed by atoms with E-state index in [4.69, 9.17) is 5.73 Å². The fourth-order valence-corrected chi connectivity index (χ4v) is 1.75. The normalized spacial score (nSPS) is 10.8. The highest BCUT2D eigenvalue weighted by Crippen LogP contribution is 2.22. The maximum absolute atomic E-state index is 5.47. The summed E-state index contributed by atoms with van der Waals surface area (Å²) in [6.07, 6.45) is 0. The zero-order valence-electron chi connectivity index (χ0n) is 6.42. The van der Waals surface area contributed by atoms with E-state index in [0.29, 0.717) is 12.5 Å². The Kier molecular flexibility index (Phi) is 2.46. The third-order valence-corrected chi connectivity index (χ3v) is 2.76. The second-order valence-electron chi connectivity index (χ2n) is 2.72. The first kappa shape index (κ1) is 7.76. The lowest BCUT2D eigenvalue weighted by atomic mass is 10.1. The molecule has 10 heavy (non-hydrogen) atoms. The number of rotatable bonds is 2. The summed E-state index contributed by atoms with van der Waals surface area (Å²) in [7, 11) is 0. The van der Waals surface area contributed by atoms with Crippen molar-refractivity contribution in [3.05, 3.63) is 21.9 Å². The zero-order valence-corrected chi connectivity index (χ0v) is 7.24. The van der Waals surface area contributed by atoms with Crippen molar-refractivity contribution >= 4 is 11.3 Å². The molecule has 1 aromatic heterocycles. The van der Waals surface area contributed by atoms with Gasteiger partial charge < -0.3 is 5.73 Å². The van der Waals surface area contributed by atoms with E-state index in [0.717, 1.165) is 0 Å². The van der Waals surface area contributed by atoms with Gasteiger partial charge in [0.25, 0.3) is 0 Å². The average molecular weight is 155 g/mol. The van der Waals surface area contributed by atoms with Crippen LogP contribution in [0.3, 0.4) is 0 Å². The third-order valence-electron chi connectivity index (χ3n) is 1.48. The molecule has 0 saturated carbocycles. The maximum Gasteiger partial charge on any atom is 0.0186 e. The predicted octanol–water partition coefficient (Wildman–Crippen LogP) is 2.33. The van der Waals surface area contributed by atoms with E-state index in [1.54, 1.807) is 11.3 Å². The molecule has 0 aliphatic carbocycles. The van der Waals surface area contributed by atoms with Crippen molar-refractivity contribution in [1.82, 2.24) is 0 Å². The number of hydrogen-bond donors (Lipinski definition) is 1. The monoisotopic (exact) mass is 155 g/mol. The summed E-state index contributed by atoms with van der Waals surface area (Å²) in [4.78, 5) is 1.43. The van der Waals surface area contributed by atoms with Gasteiger partial charge >= 0.3 is 0 Å². The third kappa shape index (κ3) is 1.58. The van der Waals surface area contributed by atoms with Gasteiger partial charge in [0.15, 0.2) is 0 Å². The molecular weight excluding hydrogens is 142 g/mol. The van der Waals surface area contributed by atoms with Gasteiger partial charge in [-0.3, -0.25) is 0 Å². The van der Waals surface area contributed by atoms with Crippen LogP contribution in [0.2, 0.25) is 0 Å². The Morgan fingerprint density at radius 1 is 1.60 bits per heavy atom. The van der Waals surface area contributed by atoms with Gasteiger partial charge in [-0.1, -0.05) is 13.8 Å². The minimum absolute atomic E-state index is 0.644. The Bertz CT molecular complexity index is 203. The first-order chi connectivity index (χ1) is 4.74. The molecule has 0 unspecified atom stereocenters. The summed E-state index contributed by atoms with van der Waals surface area (Å²) in [5, 5.41) is 2.13. The molecule has 2 heteroatoms. The fraction of sp³-hybridized carbons (Fsp3) is 0.500. The van der Waals surface area contributed by atoms with Crippen LogP contribution in [0.4, 0.5) is 0 Å². The molecule has 1 rings (SSSR count). The standard InChI is InChI=1S/C8H13NS/c1-6(2)8-3-7(4-9)5-10-8/h3,5-6H,4,9H2,1-2H3. The molecule has 0 amide bonds. The summed E-state index contributed by atoms with van der Waals surface area (Å²) in [5.74, 6) is 0.644. The van der Waals surface area contributed by atoms with Gasteiger partial charge in [-0.2, -0.15) is 0 Å². The molecule has 1 aromatic rings. The van der Waals surface area contributed by atoms with E-state index in [-0.39, 0.29) is 0 Å². The average Bonchev–Trinajstić information content (AvgIpc) is 2.34. The summed E-state index contributed by atoms with van der Waals surface area (Å²) in [6.45, 7) is 5.07. The van der Waals surface area contributed by atoms with Crippen LogP contribution >= 0.6 is 11.3 Å². The second kappa shape index (κ2) is 3.17. The topological polar surface area (TPSA) is 26.0 Å². The number of hydrogen-bond acceptors (Lipinski definition) is 2. The summed E-state index contributed by atoms with van der Waals surface area (Å²) in [5.41, 5.74) is 6.73. The molecule has 0 aliphatic rings. The van der Waals surface area contributed by atoms with Gasteiger partial charge in [-0.25, -0.2) is 0 Å². The van der Waals surface area contributed by atoms with Crippen LogP contribution in [0.5, 0.6) is 0 Å².